The molecule has 130 valence electrons. The van der Waals surface area contributed by atoms with Crippen molar-refractivity contribution in [1.29, 1.82) is 0 Å². The Balaban J connectivity index is 1.48. The zero-order chi connectivity index (χ0) is 17.9. The van der Waals surface area contributed by atoms with Gasteiger partial charge in [-0.3, -0.25) is 14.9 Å². The van der Waals surface area contributed by atoms with Crippen LogP contribution < -0.4 is 0 Å². The highest BCUT2D eigenvalue weighted by Crippen LogP contribution is 2.17. The highest BCUT2D eigenvalue weighted by Gasteiger charge is 2.08. The molecular weight excluding hydrogens is 329 g/mol. The summed E-state index contributed by atoms with van der Waals surface area (Å²) in [6.07, 6.45) is 7.23. The van der Waals surface area contributed by atoms with E-state index < -0.39 is 0 Å². The summed E-state index contributed by atoms with van der Waals surface area (Å²) in [5, 5.41) is 4.37. The van der Waals surface area contributed by atoms with Gasteiger partial charge in [0.2, 0.25) is 0 Å². The monoisotopic (exact) mass is 347 g/mol. The van der Waals surface area contributed by atoms with Crippen LogP contribution in [0, 0.1) is 5.82 Å². The third-order valence-electron chi connectivity index (χ3n) is 4.20. The molecular formula is C20H18FN5. The number of fused-ring (bicyclic) bond motifs is 1. The van der Waals surface area contributed by atoms with E-state index in [0.717, 1.165) is 40.9 Å². The normalized spacial score (nSPS) is 11.3. The fraction of sp³-hybridized carbons (Fsp3) is 0.150. The largest absolute Gasteiger partial charge is 0.298 e. The van der Waals surface area contributed by atoms with Crippen molar-refractivity contribution in [1.82, 2.24) is 24.6 Å². The van der Waals surface area contributed by atoms with Gasteiger partial charge >= 0.3 is 0 Å². The van der Waals surface area contributed by atoms with Crippen LogP contribution in [0.5, 0.6) is 0 Å². The molecule has 0 unspecified atom stereocenters. The molecule has 6 heteroatoms. The molecule has 4 rings (SSSR count). The minimum Gasteiger partial charge on any atom is -0.298 e. The number of hydrogen-bond acceptors (Lipinski definition) is 4. The maximum absolute atomic E-state index is 13.1. The molecule has 0 atom stereocenters. The van der Waals surface area contributed by atoms with Gasteiger partial charge in [-0.15, -0.1) is 0 Å². The highest BCUT2D eigenvalue weighted by atomic mass is 19.1. The average Bonchev–Trinajstić information content (AvgIpc) is 3.11. The number of nitrogens with zero attached hydrogens (tertiary/aromatic N) is 5. The maximum Gasteiger partial charge on any atom is 0.123 e. The van der Waals surface area contributed by atoms with Crippen LogP contribution in [0.15, 0.2) is 67.3 Å². The van der Waals surface area contributed by atoms with Crippen LogP contribution in [0.1, 0.15) is 11.1 Å². The molecule has 0 amide bonds. The molecule has 26 heavy (non-hydrogen) atoms. The van der Waals surface area contributed by atoms with Gasteiger partial charge in [0, 0.05) is 37.2 Å². The fourth-order valence-electron chi connectivity index (χ4n) is 3.02. The topological polar surface area (TPSA) is 46.8 Å². The number of hydrogen-bond donors (Lipinski definition) is 0. The van der Waals surface area contributed by atoms with Gasteiger partial charge in [-0.05, 0) is 42.9 Å². The van der Waals surface area contributed by atoms with E-state index in [1.165, 1.54) is 12.1 Å². The Morgan fingerprint density at radius 1 is 1.00 bits per heavy atom. The number of benzene rings is 2. The molecule has 0 aliphatic heterocycles. The SMILES string of the molecule is CN(Cc1cnn(-c2ccc(F)cc2)c1)Cc1cccc2nccnc12. The molecule has 0 aliphatic carbocycles. The van der Waals surface area contributed by atoms with E-state index in [0.29, 0.717) is 0 Å². The molecule has 0 saturated heterocycles. The van der Waals surface area contributed by atoms with Crippen molar-refractivity contribution in [2.45, 2.75) is 13.1 Å². The number of rotatable bonds is 5. The molecule has 0 fully saturated rings. The number of halogens is 1. The van der Waals surface area contributed by atoms with E-state index in [9.17, 15) is 4.39 Å². The van der Waals surface area contributed by atoms with Crippen molar-refractivity contribution in [3.63, 3.8) is 0 Å². The minimum absolute atomic E-state index is 0.251. The third kappa shape index (κ3) is 3.45. The van der Waals surface area contributed by atoms with Crippen molar-refractivity contribution < 1.29 is 4.39 Å². The van der Waals surface area contributed by atoms with Gasteiger partial charge in [0.15, 0.2) is 0 Å². The van der Waals surface area contributed by atoms with Crippen LogP contribution in [0.2, 0.25) is 0 Å². The first-order valence-electron chi connectivity index (χ1n) is 8.36. The van der Waals surface area contributed by atoms with Gasteiger partial charge in [0.25, 0.3) is 0 Å². The highest BCUT2D eigenvalue weighted by molar-refractivity contribution is 5.77. The van der Waals surface area contributed by atoms with Gasteiger partial charge in [-0.2, -0.15) is 5.10 Å². The fourth-order valence-corrected chi connectivity index (χ4v) is 3.02. The Bertz CT molecular complexity index is 1020. The second kappa shape index (κ2) is 7.01. The molecule has 5 nitrogen and oxygen atoms in total. The van der Waals surface area contributed by atoms with Crippen molar-refractivity contribution in [2.24, 2.45) is 0 Å². The summed E-state index contributed by atoms with van der Waals surface area (Å²) >= 11 is 0. The predicted molar refractivity (Wildman–Crippen MR) is 98.2 cm³/mol. The Morgan fingerprint density at radius 3 is 2.65 bits per heavy atom. The third-order valence-corrected chi connectivity index (χ3v) is 4.20. The molecule has 2 aromatic carbocycles. The molecule has 2 heterocycles. The Kier molecular flexibility index (Phi) is 4.41. The predicted octanol–water partition coefficient (Wildman–Crippen LogP) is 3.59. The van der Waals surface area contributed by atoms with E-state index in [1.807, 2.05) is 24.5 Å². The number of aromatic nitrogens is 4. The standard InChI is InChI=1S/C20H18FN5/c1-25(14-16-3-2-4-19-20(16)23-10-9-22-19)12-15-11-24-26(13-15)18-7-5-17(21)6-8-18/h2-11,13H,12,14H2,1H3. The van der Waals surface area contributed by atoms with Crippen LogP contribution in [0.4, 0.5) is 4.39 Å². The summed E-state index contributed by atoms with van der Waals surface area (Å²) in [7, 11) is 2.06. The number of para-hydroxylation sites is 1. The van der Waals surface area contributed by atoms with E-state index in [2.05, 4.69) is 33.1 Å². The molecule has 0 radical (unpaired) electrons. The summed E-state index contributed by atoms with van der Waals surface area (Å²) in [6.45, 7) is 1.51. The first-order chi connectivity index (χ1) is 12.7. The molecule has 0 aliphatic rings. The van der Waals surface area contributed by atoms with E-state index >= 15 is 0 Å². The second-order valence-corrected chi connectivity index (χ2v) is 6.28. The van der Waals surface area contributed by atoms with E-state index in [1.54, 1.807) is 29.2 Å². The lowest BCUT2D eigenvalue weighted by atomic mass is 10.1. The summed E-state index contributed by atoms with van der Waals surface area (Å²) < 4.78 is 14.8. The van der Waals surface area contributed by atoms with E-state index in [-0.39, 0.29) is 5.82 Å². The molecule has 4 aromatic rings. The van der Waals surface area contributed by atoms with Crippen LogP contribution in [0.25, 0.3) is 16.7 Å². The lowest BCUT2D eigenvalue weighted by Gasteiger charge is -2.16. The summed E-state index contributed by atoms with van der Waals surface area (Å²) in [5.41, 5.74) is 4.91. The van der Waals surface area contributed by atoms with Gasteiger partial charge < -0.3 is 0 Å². The van der Waals surface area contributed by atoms with Crippen LogP contribution >= 0.6 is 0 Å². The Morgan fingerprint density at radius 2 is 1.81 bits per heavy atom. The van der Waals surface area contributed by atoms with Crippen molar-refractivity contribution in [2.75, 3.05) is 7.05 Å². The smallest absolute Gasteiger partial charge is 0.123 e. The van der Waals surface area contributed by atoms with Gasteiger partial charge in [-0.25, -0.2) is 9.07 Å². The zero-order valence-corrected chi connectivity index (χ0v) is 14.4. The van der Waals surface area contributed by atoms with Crippen molar-refractivity contribution in [3.8, 4) is 5.69 Å². The van der Waals surface area contributed by atoms with Gasteiger partial charge in [0.05, 0.1) is 22.9 Å². The van der Waals surface area contributed by atoms with Crippen LogP contribution in [-0.4, -0.2) is 31.7 Å². The quantitative estimate of drug-likeness (QED) is 0.554. The van der Waals surface area contributed by atoms with Crippen LogP contribution in [-0.2, 0) is 13.1 Å². The van der Waals surface area contributed by atoms with Crippen molar-refractivity contribution >= 4 is 11.0 Å². The Hall–Kier alpha value is -3.12. The van der Waals surface area contributed by atoms with Crippen LogP contribution in [0.3, 0.4) is 0 Å². The molecule has 0 N–H and O–H groups in total. The van der Waals surface area contributed by atoms with Gasteiger partial charge in [-0.1, -0.05) is 12.1 Å². The van der Waals surface area contributed by atoms with Gasteiger partial charge in [0.1, 0.15) is 5.82 Å². The first-order valence-corrected chi connectivity index (χ1v) is 8.36. The maximum atomic E-state index is 13.1. The van der Waals surface area contributed by atoms with E-state index in [4.69, 9.17) is 0 Å². The summed E-state index contributed by atoms with van der Waals surface area (Å²) in [6, 6.07) is 12.4. The first kappa shape index (κ1) is 16.4. The van der Waals surface area contributed by atoms with Crippen molar-refractivity contribution in [3.05, 3.63) is 84.2 Å². The molecule has 0 spiro atoms. The summed E-state index contributed by atoms with van der Waals surface area (Å²) in [4.78, 5) is 11.0. The summed E-state index contributed by atoms with van der Waals surface area (Å²) in [5.74, 6) is -0.251. The molecule has 0 saturated carbocycles. The lowest BCUT2D eigenvalue weighted by molar-refractivity contribution is 0.320. The minimum atomic E-state index is -0.251. The lowest BCUT2D eigenvalue weighted by Crippen LogP contribution is -2.17. The molecule has 2 aromatic heterocycles. The average molecular weight is 347 g/mol. The zero-order valence-electron chi connectivity index (χ0n) is 14.4. The Labute approximate surface area is 150 Å². The molecule has 0 bridgehead atoms. The second-order valence-electron chi connectivity index (χ2n) is 6.28.